The summed E-state index contributed by atoms with van der Waals surface area (Å²) in [6.45, 7) is 4.03. The molecule has 2 N–H and O–H groups in total. The van der Waals surface area contributed by atoms with Crippen molar-refractivity contribution in [3.05, 3.63) is 41.5 Å². The van der Waals surface area contributed by atoms with Gasteiger partial charge in [-0.3, -0.25) is 4.79 Å². The Hall–Kier alpha value is -1.81. The maximum atomic E-state index is 12.5. The van der Waals surface area contributed by atoms with Gasteiger partial charge in [-0.2, -0.15) is 0 Å². The Morgan fingerprint density at radius 2 is 2.30 bits per heavy atom. The molecule has 0 spiro atoms. The number of carbonyl (C=O) groups is 1. The van der Waals surface area contributed by atoms with Gasteiger partial charge in [0.05, 0.1) is 12.5 Å². The number of nitrogens with two attached hydrogens (primary N) is 1. The number of ether oxygens (including phenoxy) is 1. The normalized spacial score (nSPS) is 16.7. The topological polar surface area (TPSA) is 55.6 Å². The molecule has 0 fully saturated rings. The highest BCUT2D eigenvalue weighted by atomic mass is 16.5. The third-order valence-corrected chi connectivity index (χ3v) is 3.73. The average molecular weight is 274 g/mol. The summed E-state index contributed by atoms with van der Waals surface area (Å²) in [6.07, 6.45) is 2.99. The maximum absolute atomic E-state index is 12.5. The van der Waals surface area contributed by atoms with Gasteiger partial charge in [0.1, 0.15) is 0 Å². The molecule has 0 radical (unpaired) electrons. The van der Waals surface area contributed by atoms with E-state index in [0.717, 1.165) is 18.5 Å². The number of amides is 1. The summed E-state index contributed by atoms with van der Waals surface area (Å²) in [4.78, 5) is 14.4. The van der Waals surface area contributed by atoms with E-state index in [-0.39, 0.29) is 11.8 Å². The van der Waals surface area contributed by atoms with Gasteiger partial charge in [-0.25, -0.2) is 0 Å². The molecule has 4 heteroatoms. The van der Waals surface area contributed by atoms with E-state index < -0.39 is 0 Å². The van der Waals surface area contributed by atoms with E-state index in [1.807, 2.05) is 36.1 Å². The number of nitrogens with zero attached hydrogens (tertiary/aromatic N) is 1. The van der Waals surface area contributed by atoms with Crippen LogP contribution in [0.5, 0.6) is 0 Å². The molecule has 1 aliphatic heterocycles. The van der Waals surface area contributed by atoms with Crippen molar-refractivity contribution in [1.82, 2.24) is 4.90 Å². The number of carbonyl (C=O) groups excluding carboxylic acids is 1. The third kappa shape index (κ3) is 3.39. The van der Waals surface area contributed by atoms with Gasteiger partial charge in [0.2, 0.25) is 5.91 Å². The predicted molar refractivity (Wildman–Crippen MR) is 80.4 cm³/mol. The monoisotopic (exact) mass is 274 g/mol. The molecule has 1 aromatic carbocycles. The first-order chi connectivity index (χ1) is 9.61. The second kappa shape index (κ2) is 6.57. The molecule has 1 amide bonds. The Balaban J connectivity index is 2.02. The van der Waals surface area contributed by atoms with E-state index in [9.17, 15) is 4.79 Å². The van der Waals surface area contributed by atoms with Crippen molar-refractivity contribution >= 4 is 11.6 Å². The van der Waals surface area contributed by atoms with Crippen LogP contribution in [-0.4, -0.2) is 37.6 Å². The first kappa shape index (κ1) is 14.6. The number of nitrogen functional groups attached to an aromatic ring is 1. The van der Waals surface area contributed by atoms with Crippen molar-refractivity contribution < 1.29 is 9.53 Å². The molecular formula is C16H22N2O2. The molecule has 1 atom stereocenters. The van der Waals surface area contributed by atoms with Gasteiger partial charge in [-0.15, -0.1) is 0 Å². The van der Waals surface area contributed by atoms with Crippen LogP contribution in [0.25, 0.3) is 0 Å². The maximum Gasteiger partial charge on any atom is 0.230 e. The van der Waals surface area contributed by atoms with Crippen LogP contribution >= 0.6 is 0 Å². The zero-order chi connectivity index (χ0) is 14.5. The van der Waals surface area contributed by atoms with Gasteiger partial charge in [0.25, 0.3) is 0 Å². The minimum Gasteiger partial charge on any atom is -0.399 e. The van der Waals surface area contributed by atoms with Crippen molar-refractivity contribution in [2.24, 2.45) is 0 Å². The highest BCUT2D eigenvalue weighted by Crippen LogP contribution is 2.22. The number of anilines is 1. The van der Waals surface area contributed by atoms with E-state index in [1.54, 1.807) is 7.11 Å². The van der Waals surface area contributed by atoms with E-state index in [0.29, 0.717) is 18.8 Å². The summed E-state index contributed by atoms with van der Waals surface area (Å²) in [7, 11) is 1.69. The molecule has 108 valence electrons. The Morgan fingerprint density at radius 3 is 2.90 bits per heavy atom. The number of benzene rings is 1. The van der Waals surface area contributed by atoms with Crippen LogP contribution in [0.3, 0.4) is 0 Å². The van der Waals surface area contributed by atoms with Gasteiger partial charge < -0.3 is 15.4 Å². The van der Waals surface area contributed by atoms with Gasteiger partial charge >= 0.3 is 0 Å². The highest BCUT2D eigenvalue weighted by molar-refractivity contribution is 5.84. The van der Waals surface area contributed by atoms with Crippen LogP contribution < -0.4 is 5.73 Å². The van der Waals surface area contributed by atoms with Gasteiger partial charge in [0.15, 0.2) is 0 Å². The van der Waals surface area contributed by atoms with E-state index in [1.165, 1.54) is 5.57 Å². The van der Waals surface area contributed by atoms with Crippen LogP contribution in [0, 0.1) is 0 Å². The van der Waals surface area contributed by atoms with Crippen LogP contribution in [-0.2, 0) is 9.53 Å². The summed E-state index contributed by atoms with van der Waals surface area (Å²) in [6, 6.07) is 7.55. The molecule has 1 aliphatic rings. The van der Waals surface area contributed by atoms with Crippen LogP contribution in [0.15, 0.2) is 35.9 Å². The predicted octanol–water partition coefficient (Wildman–Crippen LogP) is 2.18. The fraction of sp³-hybridized carbons (Fsp3) is 0.438. The third-order valence-electron chi connectivity index (χ3n) is 3.73. The fourth-order valence-electron chi connectivity index (χ4n) is 2.47. The van der Waals surface area contributed by atoms with Crippen molar-refractivity contribution in [2.45, 2.75) is 19.3 Å². The van der Waals surface area contributed by atoms with E-state index >= 15 is 0 Å². The second-order valence-electron chi connectivity index (χ2n) is 5.22. The molecule has 1 aromatic rings. The van der Waals surface area contributed by atoms with Crippen LogP contribution in [0.4, 0.5) is 5.69 Å². The minimum absolute atomic E-state index is 0.156. The zero-order valence-electron chi connectivity index (χ0n) is 12.1. The number of hydrogen-bond donors (Lipinski definition) is 1. The van der Waals surface area contributed by atoms with Crippen molar-refractivity contribution in [3.63, 3.8) is 0 Å². The lowest BCUT2D eigenvalue weighted by Crippen LogP contribution is -2.37. The largest absolute Gasteiger partial charge is 0.399 e. The van der Waals surface area contributed by atoms with Gasteiger partial charge in [-0.05, 0) is 36.6 Å². The van der Waals surface area contributed by atoms with Gasteiger partial charge in [0, 0.05) is 25.9 Å². The summed E-state index contributed by atoms with van der Waals surface area (Å²) >= 11 is 0. The molecule has 0 saturated heterocycles. The molecule has 20 heavy (non-hydrogen) atoms. The summed E-state index contributed by atoms with van der Waals surface area (Å²) < 4.78 is 5.12. The Bertz CT molecular complexity index is 511. The van der Waals surface area contributed by atoms with Crippen molar-refractivity contribution in [2.75, 3.05) is 32.5 Å². The fourth-order valence-corrected chi connectivity index (χ4v) is 2.47. The molecular weight excluding hydrogens is 252 g/mol. The summed E-state index contributed by atoms with van der Waals surface area (Å²) in [5.41, 5.74) is 8.72. The molecule has 0 saturated carbocycles. The first-order valence-corrected chi connectivity index (χ1v) is 6.93. The van der Waals surface area contributed by atoms with Crippen molar-refractivity contribution in [3.8, 4) is 0 Å². The summed E-state index contributed by atoms with van der Waals surface area (Å²) in [5.74, 6) is -0.000748. The molecule has 1 heterocycles. The lowest BCUT2D eigenvalue weighted by Gasteiger charge is -2.29. The zero-order valence-corrected chi connectivity index (χ0v) is 12.1. The lowest BCUT2D eigenvalue weighted by molar-refractivity contribution is -0.132. The quantitative estimate of drug-likeness (QED) is 0.676. The smallest absolute Gasteiger partial charge is 0.230 e. The highest BCUT2D eigenvalue weighted by Gasteiger charge is 2.23. The molecule has 0 aromatic heterocycles. The standard InChI is InChI=1S/C16H22N2O2/c1-12(14-4-3-5-15(17)10-14)16(19)18-8-6-13(7-9-18)11-20-2/h3-6,10,12H,7-9,11,17H2,1-2H3. The Morgan fingerprint density at radius 1 is 1.50 bits per heavy atom. The Labute approximate surface area is 120 Å². The van der Waals surface area contributed by atoms with Gasteiger partial charge in [-0.1, -0.05) is 18.2 Å². The lowest BCUT2D eigenvalue weighted by atomic mass is 9.98. The molecule has 2 rings (SSSR count). The molecule has 1 unspecified atom stereocenters. The number of rotatable bonds is 4. The van der Waals surface area contributed by atoms with Crippen molar-refractivity contribution in [1.29, 1.82) is 0 Å². The minimum atomic E-state index is -0.157. The number of hydrogen-bond acceptors (Lipinski definition) is 3. The van der Waals surface area contributed by atoms with Crippen LogP contribution in [0.1, 0.15) is 24.8 Å². The molecule has 0 bridgehead atoms. The van der Waals surface area contributed by atoms with Crippen LogP contribution in [0.2, 0.25) is 0 Å². The number of methoxy groups -OCH3 is 1. The Kier molecular flexibility index (Phi) is 4.79. The summed E-state index contributed by atoms with van der Waals surface area (Å²) in [5, 5.41) is 0. The average Bonchev–Trinajstić information content (AvgIpc) is 2.47. The first-order valence-electron chi connectivity index (χ1n) is 6.93. The molecule has 4 nitrogen and oxygen atoms in total. The van der Waals surface area contributed by atoms with E-state index in [2.05, 4.69) is 6.08 Å². The molecule has 0 aliphatic carbocycles. The van der Waals surface area contributed by atoms with E-state index in [4.69, 9.17) is 10.5 Å². The SMILES string of the molecule is COCC1=CCN(C(=O)C(C)c2cccc(N)c2)CC1. The second-order valence-corrected chi connectivity index (χ2v) is 5.22.